The molecule has 1 aromatic rings. The van der Waals surface area contributed by atoms with E-state index in [1.165, 1.54) is 77.0 Å². The van der Waals surface area contributed by atoms with Crippen molar-refractivity contribution in [2.45, 2.75) is 121 Å². The number of aliphatic hydroxyl groups excluding tert-OH is 1. The Morgan fingerprint density at radius 2 is 1.65 bits per heavy atom. The molecule has 206 valence electrons. The number of benzene rings is 1. The molecule has 2 aliphatic heterocycles. The van der Waals surface area contributed by atoms with Crippen molar-refractivity contribution in [3.8, 4) is 0 Å². The summed E-state index contributed by atoms with van der Waals surface area (Å²) in [4.78, 5) is 19.1. The molecular formula is C30H48N4O3. The molecule has 5 N–H and O–H groups in total. The van der Waals surface area contributed by atoms with Crippen molar-refractivity contribution in [3.63, 3.8) is 0 Å². The summed E-state index contributed by atoms with van der Waals surface area (Å²) in [7, 11) is 0. The molecule has 2 saturated carbocycles. The summed E-state index contributed by atoms with van der Waals surface area (Å²) >= 11 is 0. The lowest BCUT2D eigenvalue weighted by Crippen LogP contribution is -2.54. The first kappa shape index (κ1) is 27.1. The molecule has 0 bridgehead atoms. The Morgan fingerprint density at radius 3 is 2.38 bits per heavy atom. The van der Waals surface area contributed by atoms with Gasteiger partial charge in [-0.2, -0.15) is 5.48 Å². The summed E-state index contributed by atoms with van der Waals surface area (Å²) in [6, 6.07) is 8.69. The standard InChI is InChI=1S/C30H48N4O3/c1-30(24-12-8-5-9-13-24)33-28(34-37-30)23-16-14-21(15-17-23)19-32-29(36)25-18-26(31-20-27(25)35)22-10-6-3-2-4-7-11-22/h14-17,22,24-28,31,33-35H,2-13,18-20H2,1H3,(H,32,36). The molecule has 2 aliphatic carbocycles. The first-order valence-electron chi connectivity index (χ1n) is 15.0. The Labute approximate surface area is 222 Å². The Morgan fingerprint density at radius 1 is 1.00 bits per heavy atom. The highest BCUT2D eigenvalue weighted by molar-refractivity contribution is 5.79. The van der Waals surface area contributed by atoms with Gasteiger partial charge in [0.2, 0.25) is 5.91 Å². The predicted octanol–water partition coefficient (Wildman–Crippen LogP) is 4.42. The zero-order valence-corrected chi connectivity index (χ0v) is 22.6. The number of hydroxylamine groups is 1. The number of amides is 1. The lowest BCUT2D eigenvalue weighted by atomic mass is 9.78. The Hall–Kier alpha value is -1.51. The third kappa shape index (κ3) is 6.74. The van der Waals surface area contributed by atoms with Gasteiger partial charge in [-0.25, -0.2) is 0 Å². The molecule has 1 aromatic carbocycles. The maximum absolute atomic E-state index is 13.1. The molecule has 1 amide bonds. The van der Waals surface area contributed by atoms with E-state index in [1.807, 2.05) is 0 Å². The largest absolute Gasteiger partial charge is 0.391 e. The fourth-order valence-electron chi connectivity index (χ4n) is 7.14. The normalized spacial score (nSPS) is 34.5. The van der Waals surface area contributed by atoms with Gasteiger partial charge in [0.1, 0.15) is 11.9 Å². The Bertz CT molecular complexity index is 866. The van der Waals surface area contributed by atoms with Gasteiger partial charge in [-0.05, 0) is 56.1 Å². The SMILES string of the molecule is CC1(C2CCCCC2)NC(c2ccc(CNC(=O)C3CC(C4CCCCCCC4)NCC3O)cc2)NO1. The van der Waals surface area contributed by atoms with Gasteiger partial charge in [-0.3, -0.25) is 14.9 Å². The van der Waals surface area contributed by atoms with E-state index in [1.54, 1.807) is 0 Å². The van der Waals surface area contributed by atoms with Crippen LogP contribution < -0.4 is 21.4 Å². The number of carbonyl (C=O) groups is 1. The van der Waals surface area contributed by atoms with Gasteiger partial charge >= 0.3 is 0 Å². The van der Waals surface area contributed by atoms with E-state index >= 15 is 0 Å². The Balaban J connectivity index is 1.11. The molecule has 2 saturated heterocycles. The van der Waals surface area contributed by atoms with Gasteiger partial charge < -0.3 is 15.7 Å². The van der Waals surface area contributed by atoms with Crippen LogP contribution in [0.4, 0.5) is 0 Å². The van der Waals surface area contributed by atoms with Crippen LogP contribution in [0.5, 0.6) is 0 Å². The number of hydrogen-bond donors (Lipinski definition) is 5. The second kappa shape index (κ2) is 12.6. The van der Waals surface area contributed by atoms with Crippen LogP contribution in [0.3, 0.4) is 0 Å². The number of carbonyl (C=O) groups excluding carboxylic acids is 1. The van der Waals surface area contributed by atoms with Gasteiger partial charge in [-0.15, -0.1) is 0 Å². The van der Waals surface area contributed by atoms with Crippen LogP contribution >= 0.6 is 0 Å². The van der Waals surface area contributed by atoms with E-state index < -0.39 is 6.10 Å². The minimum absolute atomic E-state index is 0.0234. The van der Waals surface area contributed by atoms with Crippen molar-refractivity contribution in [2.75, 3.05) is 6.54 Å². The van der Waals surface area contributed by atoms with Crippen LogP contribution in [0.2, 0.25) is 0 Å². The molecule has 5 rings (SSSR count). The highest BCUT2D eigenvalue weighted by Gasteiger charge is 2.43. The van der Waals surface area contributed by atoms with E-state index in [9.17, 15) is 9.90 Å². The van der Waals surface area contributed by atoms with Crippen molar-refractivity contribution in [1.82, 2.24) is 21.4 Å². The lowest BCUT2D eigenvalue weighted by Gasteiger charge is -2.38. The van der Waals surface area contributed by atoms with Crippen LogP contribution in [0.25, 0.3) is 0 Å². The first-order valence-corrected chi connectivity index (χ1v) is 15.0. The van der Waals surface area contributed by atoms with E-state index in [4.69, 9.17) is 4.84 Å². The fourth-order valence-corrected chi connectivity index (χ4v) is 7.14. The number of β-amino-alcohol motifs (C(OH)–C–C–N with tert-alkyl or cyclic N) is 1. The molecule has 0 radical (unpaired) electrons. The van der Waals surface area contributed by atoms with Crippen molar-refractivity contribution in [2.24, 2.45) is 17.8 Å². The molecular weight excluding hydrogens is 464 g/mol. The highest BCUT2D eigenvalue weighted by Crippen LogP contribution is 2.37. The number of aliphatic hydroxyl groups is 1. The summed E-state index contributed by atoms with van der Waals surface area (Å²) in [6.07, 6.45) is 15.5. The first-order chi connectivity index (χ1) is 18.0. The fraction of sp³-hybridized carbons (Fsp3) is 0.767. The van der Waals surface area contributed by atoms with E-state index in [2.05, 4.69) is 52.6 Å². The third-order valence-corrected chi connectivity index (χ3v) is 9.60. The quantitative estimate of drug-likeness (QED) is 0.387. The van der Waals surface area contributed by atoms with E-state index in [0.29, 0.717) is 31.0 Å². The van der Waals surface area contributed by atoms with Crippen molar-refractivity contribution in [3.05, 3.63) is 35.4 Å². The van der Waals surface area contributed by atoms with E-state index in [0.717, 1.165) is 17.5 Å². The molecule has 2 heterocycles. The molecule has 7 heteroatoms. The molecule has 4 aliphatic rings. The predicted molar refractivity (Wildman–Crippen MR) is 145 cm³/mol. The molecule has 5 atom stereocenters. The lowest BCUT2D eigenvalue weighted by molar-refractivity contribution is -0.130. The van der Waals surface area contributed by atoms with Crippen LogP contribution in [-0.2, 0) is 16.2 Å². The molecule has 5 unspecified atom stereocenters. The van der Waals surface area contributed by atoms with Crippen molar-refractivity contribution < 1.29 is 14.7 Å². The summed E-state index contributed by atoms with van der Waals surface area (Å²) in [5, 5.41) is 20.9. The molecule has 0 spiro atoms. The minimum atomic E-state index is -0.620. The molecule has 0 aromatic heterocycles. The highest BCUT2D eigenvalue weighted by atomic mass is 16.7. The maximum Gasteiger partial charge on any atom is 0.226 e. The minimum Gasteiger partial charge on any atom is -0.391 e. The van der Waals surface area contributed by atoms with Crippen LogP contribution in [0, 0.1) is 17.8 Å². The molecule has 37 heavy (non-hydrogen) atoms. The summed E-state index contributed by atoms with van der Waals surface area (Å²) in [5.74, 6) is 0.796. The summed E-state index contributed by atoms with van der Waals surface area (Å²) < 4.78 is 0. The third-order valence-electron chi connectivity index (χ3n) is 9.60. The number of piperidine rings is 1. The van der Waals surface area contributed by atoms with Crippen LogP contribution in [0.1, 0.15) is 108 Å². The van der Waals surface area contributed by atoms with Gasteiger partial charge in [-0.1, -0.05) is 75.6 Å². The van der Waals surface area contributed by atoms with Gasteiger partial charge in [0.25, 0.3) is 0 Å². The van der Waals surface area contributed by atoms with Crippen LogP contribution in [0.15, 0.2) is 24.3 Å². The molecule has 4 fully saturated rings. The summed E-state index contributed by atoms with van der Waals surface area (Å²) in [5.41, 5.74) is 5.06. The zero-order chi connectivity index (χ0) is 25.7. The van der Waals surface area contributed by atoms with E-state index in [-0.39, 0.29) is 23.7 Å². The average Bonchev–Trinajstić information content (AvgIpc) is 3.32. The smallest absolute Gasteiger partial charge is 0.226 e. The van der Waals surface area contributed by atoms with Gasteiger partial charge in [0.05, 0.1) is 12.0 Å². The maximum atomic E-state index is 13.1. The molecule has 7 nitrogen and oxygen atoms in total. The number of rotatable bonds is 6. The topological polar surface area (TPSA) is 94.7 Å². The number of hydrogen-bond acceptors (Lipinski definition) is 6. The van der Waals surface area contributed by atoms with Crippen LogP contribution in [-0.4, -0.2) is 35.4 Å². The second-order valence-electron chi connectivity index (χ2n) is 12.2. The van der Waals surface area contributed by atoms with Crippen molar-refractivity contribution in [1.29, 1.82) is 0 Å². The summed E-state index contributed by atoms with van der Waals surface area (Å²) in [6.45, 7) is 3.15. The Kier molecular flexibility index (Phi) is 9.19. The monoisotopic (exact) mass is 512 g/mol. The second-order valence-corrected chi connectivity index (χ2v) is 12.2. The number of nitrogens with one attached hydrogen (secondary N) is 4. The average molecular weight is 513 g/mol. The van der Waals surface area contributed by atoms with Gasteiger partial charge in [0, 0.05) is 25.0 Å². The van der Waals surface area contributed by atoms with Gasteiger partial charge in [0.15, 0.2) is 0 Å². The zero-order valence-electron chi connectivity index (χ0n) is 22.6. The van der Waals surface area contributed by atoms with Crippen molar-refractivity contribution >= 4 is 5.91 Å².